The highest BCUT2D eigenvalue weighted by atomic mass is 16.5. The molecule has 0 saturated carbocycles. The highest BCUT2D eigenvalue weighted by molar-refractivity contribution is 5.94. The minimum absolute atomic E-state index is 0.00367. The van der Waals surface area contributed by atoms with E-state index in [0.717, 1.165) is 12.2 Å². The van der Waals surface area contributed by atoms with Crippen LogP contribution in [0.2, 0.25) is 0 Å². The van der Waals surface area contributed by atoms with Crippen molar-refractivity contribution in [2.75, 3.05) is 20.2 Å². The van der Waals surface area contributed by atoms with Crippen molar-refractivity contribution >= 4 is 5.91 Å². The highest BCUT2D eigenvalue weighted by Crippen LogP contribution is 2.25. The molecule has 9 heteroatoms. The molecule has 4 rings (SSSR count). The molecule has 0 bridgehead atoms. The Hall–Kier alpha value is -3.23. The predicted octanol–water partition coefficient (Wildman–Crippen LogP) is 2.55. The van der Waals surface area contributed by atoms with Crippen molar-refractivity contribution in [3.63, 3.8) is 0 Å². The van der Waals surface area contributed by atoms with Crippen molar-refractivity contribution in [1.82, 2.24) is 30.0 Å². The topological polar surface area (TPSA) is 99.2 Å². The first-order chi connectivity index (χ1) is 13.5. The maximum Gasteiger partial charge on any atom is 0.280 e. The van der Waals surface area contributed by atoms with Crippen molar-refractivity contribution < 1.29 is 14.1 Å². The van der Waals surface area contributed by atoms with E-state index in [0.29, 0.717) is 36.1 Å². The van der Waals surface area contributed by atoms with Crippen LogP contribution in [-0.2, 0) is 0 Å². The molecular formula is C19H22N6O3. The lowest BCUT2D eigenvalue weighted by molar-refractivity contribution is 0.0787. The first-order valence-electron chi connectivity index (χ1n) is 9.24. The van der Waals surface area contributed by atoms with Crippen LogP contribution >= 0.6 is 0 Å². The maximum absolute atomic E-state index is 12.7. The van der Waals surface area contributed by atoms with Crippen LogP contribution in [-0.4, -0.2) is 56.1 Å². The fourth-order valence-corrected chi connectivity index (χ4v) is 3.18. The molecule has 0 aliphatic carbocycles. The molecule has 3 heterocycles. The summed E-state index contributed by atoms with van der Waals surface area (Å²) in [7, 11) is 1.60. The van der Waals surface area contributed by atoms with E-state index in [1.165, 1.54) is 0 Å². The van der Waals surface area contributed by atoms with Gasteiger partial charge in [-0.25, -0.2) is 4.68 Å². The minimum atomic E-state index is 0.00367. The smallest absolute Gasteiger partial charge is 0.280 e. The second kappa shape index (κ2) is 7.41. The average molecular weight is 382 g/mol. The van der Waals surface area contributed by atoms with Crippen molar-refractivity contribution in [1.29, 1.82) is 0 Å². The van der Waals surface area contributed by atoms with Crippen molar-refractivity contribution in [3.8, 4) is 17.3 Å². The molecule has 1 aliphatic rings. The van der Waals surface area contributed by atoms with Gasteiger partial charge in [0.05, 0.1) is 19.3 Å². The SMILES string of the molecule is COc1ccc(C(=O)N2CC[C@@H](n3cc(-c4nc(C(C)C)no4)nn3)C2)cc1. The van der Waals surface area contributed by atoms with Crippen LogP contribution in [0, 0.1) is 0 Å². The van der Waals surface area contributed by atoms with Crippen molar-refractivity contribution in [2.24, 2.45) is 0 Å². The van der Waals surface area contributed by atoms with Crippen LogP contribution in [0.4, 0.5) is 0 Å². The van der Waals surface area contributed by atoms with Gasteiger partial charge in [-0.2, -0.15) is 4.98 Å². The van der Waals surface area contributed by atoms with Crippen molar-refractivity contribution in [2.45, 2.75) is 32.2 Å². The molecule has 146 valence electrons. The summed E-state index contributed by atoms with van der Waals surface area (Å²) in [6.07, 6.45) is 2.61. The number of ether oxygens (including phenoxy) is 1. The van der Waals surface area contributed by atoms with Crippen LogP contribution < -0.4 is 4.74 Å². The molecule has 1 aliphatic heterocycles. The Labute approximate surface area is 162 Å². The number of methoxy groups -OCH3 is 1. The first-order valence-corrected chi connectivity index (χ1v) is 9.24. The first kappa shape index (κ1) is 18.1. The summed E-state index contributed by atoms with van der Waals surface area (Å²) in [6, 6.07) is 7.21. The predicted molar refractivity (Wildman–Crippen MR) is 100.0 cm³/mol. The van der Waals surface area contributed by atoms with E-state index >= 15 is 0 Å². The molecule has 1 amide bonds. The zero-order valence-electron chi connectivity index (χ0n) is 16.1. The quantitative estimate of drug-likeness (QED) is 0.668. The van der Waals surface area contributed by atoms with Crippen molar-refractivity contribution in [3.05, 3.63) is 41.9 Å². The second-order valence-corrected chi connectivity index (χ2v) is 7.12. The molecule has 2 aromatic heterocycles. The molecule has 0 spiro atoms. The summed E-state index contributed by atoms with van der Waals surface area (Å²) in [5.74, 6) is 1.91. The van der Waals surface area contributed by atoms with Crippen LogP contribution in [0.5, 0.6) is 5.75 Å². The highest BCUT2D eigenvalue weighted by Gasteiger charge is 2.29. The zero-order chi connectivity index (χ0) is 19.7. The Kier molecular flexibility index (Phi) is 4.81. The molecule has 1 aromatic carbocycles. The number of hydrogen-bond donors (Lipinski definition) is 0. The van der Waals surface area contributed by atoms with E-state index in [4.69, 9.17) is 9.26 Å². The third-order valence-corrected chi connectivity index (χ3v) is 4.85. The summed E-state index contributed by atoms with van der Waals surface area (Å²) < 4.78 is 12.2. The molecule has 1 fully saturated rings. The Balaban J connectivity index is 1.44. The summed E-state index contributed by atoms with van der Waals surface area (Å²) in [6.45, 7) is 5.24. The number of aromatic nitrogens is 5. The van der Waals surface area contributed by atoms with E-state index < -0.39 is 0 Å². The van der Waals surface area contributed by atoms with E-state index in [9.17, 15) is 4.79 Å². The van der Waals surface area contributed by atoms with E-state index in [1.54, 1.807) is 42.3 Å². The number of carbonyl (C=O) groups excluding carboxylic acids is 1. The third-order valence-electron chi connectivity index (χ3n) is 4.85. The largest absolute Gasteiger partial charge is 0.497 e. The van der Waals surface area contributed by atoms with Gasteiger partial charge in [0.2, 0.25) is 0 Å². The van der Waals surface area contributed by atoms with Gasteiger partial charge in [0.25, 0.3) is 11.8 Å². The van der Waals surface area contributed by atoms with Crippen LogP contribution in [0.15, 0.2) is 35.0 Å². The second-order valence-electron chi connectivity index (χ2n) is 7.12. The summed E-state index contributed by atoms with van der Waals surface area (Å²) in [5.41, 5.74) is 1.19. The third kappa shape index (κ3) is 3.47. The molecule has 1 atom stereocenters. The molecule has 1 saturated heterocycles. The molecule has 3 aromatic rings. The molecule has 0 radical (unpaired) electrons. The zero-order valence-corrected chi connectivity index (χ0v) is 16.1. The van der Waals surface area contributed by atoms with Gasteiger partial charge < -0.3 is 14.2 Å². The van der Waals surface area contributed by atoms with Crippen LogP contribution in [0.1, 0.15) is 48.4 Å². The van der Waals surface area contributed by atoms with Gasteiger partial charge in [0.1, 0.15) is 5.75 Å². The Bertz CT molecular complexity index is 962. The van der Waals surface area contributed by atoms with Gasteiger partial charge in [-0.3, -0.25) is 4.79 Å². The van der Waals surface area contributed by atoms with Gasteiger partial charge in [-0.15, -0.1) is 5.10 Å². The molecule has 0 unspecified atom stereocenters. The van der Waals surface area contributed by atoms with E-state index in [2.05, 4.69) is 20.5 Å². The fraction of sp³-hybridized carbons (Fsp3) is 0.421. The van der Waals surface area contributed by atoms with Gasteiger partial charge in [-0.1, -0.05) is 24.2 Å². The summed E-state index contributed by atoms with van der Waals surface area (Å²) >= 11 is 0. The maximum atomic E-state index is 12.7. The van der Waals surface area contributed by atoms with Crippen LogP contribution in [0.25, 0.3) is 11.6 Å². The monoisotopic (exact) mass is 382 g/mol. The number of benzene rings is 1. The Morgan fingerprint density at radius 2 is 2.07 bits per heavy atom. The Morgan fingerprint density at radius 3 is 2.75 bits per heavy atom. The average Bonchev–Trinajstić information content (AvgIpc) is 3.46. The number of likely N-dealkylation sites (tertiary alicyclic amines) is 1. The van der Waals surface area contributed by atoms with E-state index in [1.807, 2.05) is 18.7 Å². The normalized spacial score (nSPS) is 16.7. The number of rotatable bonds is 5. The molecule has 0 N–H and O–H groups in total. The molecular weight excluding hydrogens is 360 g/mol. The van der Waals surface area contributed by atoms with Gasteiger partial charge in [-0.05, 0) is 30.7 Å². The van der Waals surface area contributed by atoms with Gasteiger partial charge in [0, 0.05) is 24.6 Å². The Morgan fingerprint density at radius 1 is 1.29 bits per heavy atom. The van der Waals surface area contributed by atoms with E-state index in [-0.39, 0.29) is 17.9 Å². The molecule has 28 heavy (non-hydrogen) atoms. The number of carbonyl (C=O) groups is 1. The fourth-order valence-electron chi connectivity index (χ4n) is 3.18. The number of amides is 1. The standard InChI is InChI=1S/C19H22N6O3/c1-12(2)17-20-18(28-22-17)16-11-25(23-21-16)14-8-9-24(10-14)19(26)13-4-6-15(27-3)7-5-13/h4-7,11-12,14H,8-10H2,1-3H3/t14-/m1/s1. The summed E-state index contributed by atoms with van der Waals surface area (Å²) in [5, 5.41) is 12.3. The number of nitrogens with zero attached hydrogens (tertiary/aromatic N) is 6. The number of hydrogen-bond acceptors (Lipinski definition) is 7. The lowest BCUT2D eigenvalue weighted by Gasteiger charge is -2.16. The lowest BCUT2D eigenvalue weighted by atomic mass is 10.2. The summed E-state index contributed by atoms with van der Waals surface area (Å²) in [4.78, 5) is 18.9. The van der Waals surface area contributed by atoms with Crippen LogP contribution in [0.3, 0.4) is 0 Å². The van der Waals surface area contributed by atoms with Gasteiger partial charge in [0.15, 0.2) is 11.5 Å². The minimum Gasteiger partial charge on any atom is -0.497 e. The lowest BCUT2D eigenvalue weighted by Crippen LogP contribution is -2.29. The van der Waals surface area contributed by atoms with Gasteiger partial charge >= 0.3 is 0 Å². The molecule has 9 nitrogen and oxygen atoms in total.